The van der Waals surface area contributed by atoms with Crippen LogP contribution in [-0.2, 0) is 9.59 Å². The first kappa shape index (κ1) is 15.0. The van der Waals surface area contributed by atoms with Crippen LogP contribution in [0.4, 0.5) is 10.1 Å². The largest absolute Gasteiger partial charge is 0.480 e. The van der Waals surface area contributed by atoms with E-state index in [1.165, 1.54) is 19.1 Å². The highest BCUT2D eigenvalue weighted by Gasteiger charge is 2.46. The van der Waals surface area contributed by atoms with Gasteiger partial charge in [0.1, 0.15) is 11.4 Å². The zero-order chi connectivity index (χ0) is 15.6. The Bertz CT molecular complexity index is 611. The number of carbonyl (C=O) groups excluding carboxylic acids is 2. The van der Waals surface area contributed by atoms with E-state index in [4.69, 9.17) is 5.11 Å². The smallest absolute Gasteiger partial charge is 0.329 e. The number of amides is 2. The maximum atomic E-state index is 13.7. The van der Waals surface area contributed by atoms with Crippen LogP contribution in [0.1, 0.15) is 36.5 Å². The summed E-state index contributed by atoms with van der Waals surface area (Å²) in [5.41, 5.74) is -1.34. The molecule has 2 rings (SSSR count). The maximum absolute atomic E-state index is 13.7. The monoisotopic (exact) mass is 294 g/mol. The minimum Gasteiger partial charge on any atom is -0.480 e. The van der Waals surface area contributed by atoms with E-state index in [9.17, 15) is 18.8 Å². The molecule has 0 atom stereocenters. The number of nitrogens with one attached hydrogen (secondary N) is 2. The summed E-state index contributed by atoms with van der Waals surface area (Å²) in [7, 11) is 0. The fourth-order valence-electron chi connectivity index (χ4n) is 2.19. The molecule has 21 heavy (non-hydrogen) atoms. The predicted octanol–water partition coefficient (Wildman–Crippen LogP) is 1.52. The molecule has 0 radical (unpaired) electrons. The average Bonchev–Trinajstić information content (AvgIpc) is 2.34. The molecule has 0 aliphatic heterocycles. The molecular weight excluding hydrogens is 279 g/mol. The molecule has 1 aromatic rings. The van der Waals surface area contributed by atoms with Gasteiger partial charge in [0.25, 0.3) is 5.91 Å². The van der Waals surface area contributed by atoms with Gasteiger partial charge in [0.15, 0.2) is 0 Å². The molecule has 0 bridgehead atoms. The first-order chi connectivity index (χ1) is 9.84. The number of rotatable bonds is 4. The molecule has 1 aliphatic rings. The Morgan fingerprint density at radius 2 is 1.95 bits per heavy atom. The molecule has 6 nitrogen and oxygen atoms in total. The quantitative estimate of drug-likeness (QED) is 0.784. The fourth-order valence-corrected chi connectivity index (χ4v) is 2.19. The lowest BCUT2D eigenvalue weighted by atomic mass is 9.76. The van der Waals surface area contributed by atoms with Crippen LogP contribution >= 0.6 is 0 Å². The first-order valence-electron chi connectivity index (χ1n) is 6.47. The van der Waals surface area contributed by atoms with Gasteiger partial charge in [-0.3, -0.25) is 9.59 Å². The average molecular weight is 294 g/mol. The Balaban J connectivity index is 2.22. The SMILES string of the molecule is CC(=O)Nc1ccc(F)c(C(=O)NC2(C(=O)O)CCC2)c1. The van der Waals surface area contributed by atoms with Crippen LogP contribution in [0.3, 0.4) is 0 Å². The van der Waals surface area contributed by atoms with Gasteiger partial charge >= 0.3 is 5.97 Å². The Hall–Kier alpha value is -2.44. The van der Waals surface area contributed by atoms with Crippen LogP contribution in [0, 0.1) is 5.82 Å². The first-order valence-corrected chi connectivity index (χ1v) is 6.47. The van der Waals surface area contributed by atoms with Gasteiger partial charge in [-0.2, -0.15) is 0 Å². The summed E-state index contributed by atoms with van der Waals surface area (Å²) in [6, 6.07) is 3.55. The Kier molecular flexibility index (Phi) is 3.93. The van der Waals surface area contributed by atoms with Gasteiger partial charge in [-0.15, -0.1) is 0 Å². The number of benzene rings is 1. The third kappa shape index (κ3) is 3.01. The lowest BCUT2D eigenvalue weighted by Crippen LogP contribution is -2.59. The van der Waals surface area contributed by atoms with E-state index in [2.05, 4.69) is 10.6 Å². The molecule has 112 valence electrons. The fraction of sp³-hybridized carbons (Fsp3) is 0.357. The molecule has 0 unspecified atom stereocenters. The van der Waals surface area contributed by atoms with E-state index >= 15 is 0 Å². The third-order valence-corrected chi connectivity index (χ3v) is 3.50. The normalized spacial score (nSPS) is 15.7. The van der Waals surface area contributed by atoms with Crippen LogP contribution in [-0.4, -0.2) is 28.4 Å². The predicted molar refractivity (Wildman–Crippen MR) is 72.4 cm³/mol. The van der Waals surface area contributed by atoms with E-state index < -0.39 is 23.2 Å². The molecule has 1 aromatic carbocycles. The molecule has 0 spiro atoms. The van der Waals surface area contributed by atoms with Crippen molar-refractivity contribution in [2.45, 2.75) is 31.7 Å². The van der Waals surface area contributed by atoms with Gasteiger partial charge in [-0.25, -0.2) is 9.18 Å². The molecule has 0 saturated heterocycles. The second kappa shape index (κ2) is 5.51. The van der Waals surface area contributed by atoms with E-state index in [0.717, 1.165) is 6.07 Å². The van der Waals surface area contributed by atoms with Gasteiger partial charge in [0.05, 0.1) is 5.56 Å². The van der Waals surface area contributed by atoms with Gasteiger partial charge in [0.2, 0.25) is 5.91 Å². The summed E-state index contributed by atoms with van der Waals surface area (Å²) in [5.74, 6) is -3.06. The van der Waals surface area contributed by atoms with Crippen molar-refractivity contribution < 1.29 is 23.9 Å². The van der Waals surface area contributed by atoms with E-state index in [1.54, 1.807) is 0 Å². The highest BCUT2D eigenvalue weighted by atomic mass is 19.1. The zero-order valence-corrected chi connectivity index (χ0v) is 11.4. The Morgan fingerprint density at radius 3 is 2.43 bits per heavy atom. The number of aliphatic carboxylic acids is 1. The lowest BCUT2D eigenvalue weighted by molar-refractivity contribution is -0.148. The van der Waals surface area contributed by atoms with Gasteiger partial charge < -0.3 is 15.7 Å². The second-order valence-electron chi connectivity index (χ2n) is 5.07. The molecule has 1 saturated carbocycles. The number of carbonyl (C=O) groups is 3. The molecular formula is C14H15FN2O4. The highest BCUT2D eigenvalue weighted by molar-refractivity contribution is 6.00. The Morgan fingerprint density at radius 1 is 1.29 bits per heavy atom. The van der Waals surface area contributed by atoms with Crippen molar-refractivity contribution in [2.24, 2.45) is 0 Å². The summed E-state index contributed by atoms with van der Waals surface area (Å²) < 4.78 is 13.7. The second-order valence-corrected chi connectivity index (χ2v) is 5.07. The van der Waals surface area contributed by atoms with E-state index in [1.807, 2.05) is 0 Å². The van der Waals surface area contributed by atoms with Crippen molar-refractivity contribution in [3.63, 3.8) is 0 Å². The zero-order valence-electron chi connectivity index (χ0n) is 11.4. The van der Waals surface area contributed by atoms with Gasteiger partial charge in [-0.05, 0) is 37.5 Å². The van der Waals surface area contributed by atoms with Crippen LogP contribution in [0.15, 0.2) is 18.2 Å². The summed E-state index contributed by atoms with van der Waals surface area (Å²) >= 11 is 0. The molecule has 0 aromatic heterocycles. The summed E-state index contributed by atoms with van der Waals surface area (Å²) in [4.78, 5) is 34.3. The topological polar surface area (TPSA) is 95.5 Å². The van der Waals surface area contributed by atoms with Crippen LogP contribution in [0.5, 0.6) is 0 Å². The molecule has 2 amide bonds. The standard InChI is InChI=1S/C14H15FN2O4/c1-8(18)16-9-3-4-11(15)10(7-9)12(19)17-14(13(20)21)5-2-6-14/h3-4,7H,2,5-6H2,1H3,(H,16,18)(H,17,19)(H,20,21). The summed E-state index contributed by atoms with van der Waals surface area (Å²) in [6.07, 6.45) is 1.34. The van der Waals surface area contributed by atoms with Crippen molar-refractivity contribution in [3.05, 3.63) is 29.6 Å². The summed E-state index contributed by atoms with van der Waals surface area (Å²) in [5, 5.41) is 14.0. The number of hydrogen-bond acceptors (Lipinski definition) is 3. The van der Waals surface area contributed by atoms with E-state index in [0.29, 0.717) is 19.3 Å². The molecule has 7 heteroatoms. The summed E-state index contributed by atoms with van der Waals surface area (Å²) in [6.45, 7) is 1.29. The molecule has 1 aliphatic carbocycles. The highest BCUT2D eigenvalue weighted by Crippen LogP contribution is 2.32. The minimum absolute atomic E-state index is 0.270. The van der Waals surface area contributed by atoms with Crippen molar-refractivity contribution in [1.29, 1.82) is 0 Å². The van der Waals surface area contributed by atoms with Gasteiger partial charge in [0, 0.05) is 12.6 Å². The number of anilines is 1. The van der Waals surface area contributed by atoms with Crippen molar-refractivity contribution in [3.8, 4) is 0 Å². The lowest BCUT2D eigenvalue weighted by Gasteiger charge is -2.38. The number of carboxylic acids is 1. The molecule has 3 N–H and O–H groups in total. The van der Waals surface area contributed by atoms with Crippen molar-refractivity contribution >= 4 is 23.5 Å². The van der Waals surface area contributed by atoms with Crippen molar-refractivity contribution in [2.75, 3.05) is 5.32 Å². The number of carboxylic acid groups (broad SMARTS) is 1. The maximum Gasteiger partial charge on any atom is 0.329 e. The Labute approximate surface area is 120 Å². The third-order valence-electron chi connectivity index (χ3n) is 3.50. The molecule has 1 fully saturated rings. The van der Waals surface area contributed by atoms with Gasteiger partial charge in [-0.1, -0.05) is 0 Å². The number of halogens is 1. The number of hydrogen-bond donors (Lipinski definition) is 3. The van der Waals surface area contributed by atoms with Crippen molar-refractivity contribution in [1.82, 2.24) is 5.32 Å². The molecule has 0 heterocycles. The van der Waals surface area contributed by atoms with Crippen LogP contribution < -0.4 is 10.6 Å². The minimum atomic E-state index is -1.31. The van der Waals surface area contributed by atoms with Crippen LogP contribution in [0.25, 0.3) is 0 Å². The van der Waals surface area contributed by atoms with Crippen LogP contribution in [0.2, 0.25) is 0 Å². The van der Waals surface area contributed by atoms with E-state index in [-0.39, 0.29) is 17.2 Å².